The maximum Gasteiger partial charge on any atom is 0.349 e. The first-order valence-corrected chi connectivity index (χ1v) is 9.05. The molecule has 4 rings (SSSR count). The number of aromatic nitrogens is 2. The van der Waals surface area contributed by atoms with E-state index in [-0.39, 0.29) is 18.0 Å². The van der Waals surface area contributed by atoms with Gasteiger partial charge in [0.2, 0.25) is 0 Å². The van der Waals surface area contributed by atoms with Crippen LogP contribution < -0.4 is 5.56 Å². The predicted octanol–water partition coefficient (Wildman–Crippen LogP) is 3.78. The fourth-order valence-electron chi connectivity index (χ4n) is 2.61. The first-order valence-electron chi connectivity index (χ1n) is 7.35. The van der Waals surface area contributed by atoms with E-state index < -0.39 is 5.97 Å². The lowest BCUT2D eigenvalue weighted by molar-refractivity contribution is 0.0473. The molecule has 0 amide bonds. The summed E-state index contributed by atoms with van der Waals surface area (Å²) < 4.78 is 21.4. The second-order valence-corrected chi connectivity index (χ2v) is 7.31. The van der Waals surface area contributed by atoms with Crippen molar-refractivity contribution in [1.82, 2.24) is 9.38 Å². The van der Waals surface area contributed by atoms with Crippen molar-refractivity contribution in [3.05, 3.63) is 68.1 Å². The lowest BCUT2D eigenvalue weighted by Gasteiger charge is -2.04. The molecule has 0 saturated heterocycles. The monoisotopic (exact) mass is 374 g/mol. The van der Waals surface area contributed by atoms with Gasteiger partial charge in [-0.2, -0.15) is 0 Å². The van der Waals surface area contributed by atoms with E-state index in [0.717, 1.165) is 0 Å². The van der Waals surface area contributed by atoms with Crippen molar-refractivity contribution >= 4 is 43.7 Å². The molecule has 0 atom stereocenters. The highest BCUT2D eigenvalue weighted by molar-refractivity contribution is 7.21. The fourth-order valence-corrected chi connectivity index (χ4v) is 4.47. The summed E-state index contributed by atoms with van der Waals surface area (Å²) in [7, 11) is 0. The van der Waals surface area contributed by atoms with Gasteiger partial charge in [0.15, 0.2) is 4.96 Å². The van der Waals surface area contributed by atoms with Crippen LogP contribution in [-0.4, -0.2) is 15.4 Å². The molecule has 0 aliphatic rings. The Balaban J connectivity index is 1.60. The molecule has 4 aromatic rings. The molecular formula is C17H11FN2O3S2. The largest absolute Gasteiger partial charge is 0.455 e. The normalized spacial score (nSPS) is 11.3. The highest BCUT2D eigenvalue weighted by Gasteiger charge is 2.19. The summed E-state index contributed by atoms with van der Waals surface area (Å²) in [6.07, 6.45) is 1.64. The van der Waals surface area contributed by atoms with Crippen LogP contribution in [-0.2, 0) is 11.3 Å². The van der Waals surface area contributed by atoms with Crippen LogP contribution >= 0.6 is 22.7 Å². The maximum atomic E-state index is 13.9. The van der Waals surface area contributed by atoms with Crippen LogP contribution in [0.1, 0.15) is 20.9 Å². The van der Waals surface area contributed by atoms with Gasteiger partial charge in [-0.05, 0) is 24.6 Å². The van der Waals surface area contributed by atoms with Crippen LogP contribution in [0.2, 0.25) is 0 Å². The van der Waals surface area contributed by atoms with Crippen molar-refractivity contribution in [2.75, 3.05) is 0 Å². The summed E-state index contributed by atoms with van der Waals surface area (Å²) >= 11 is 2.51. The highest BCUT2D eigenvalue weighted by atomic mass is 32.1. The summed E-state index contributed by atoms with van der Waals surface area (Å²) in [6, 6.07) is 6.08. The Hall–Kier alpha value is -2.58. The van der Waals surface area contributed by atoms with Crippen LogP contribution in [0.5, 0.6) is 0 Å². The van der Waals surface area contributed by atoms with Gasteiger partial charge in [0.05, 0.1) is 5.69 Å². The lowest BCUT2D eigenvalue weighted by Crippen LogP contribution is -2.14. The van der Waals surface area contributed by atoms with E-state index in [2.05, 4.69) is 4.98 Å². The third-order valence-electron chi connectivity index (χ3n) is 3.80. The lowest BCUT2D eigenvalue weighted by atomic mass is 10.1. The summed E-state index contributed by atoms with van der Waals surface area (Å²) in [5, 5.41) is 2.20. The minimum absolute atomic E-state index is 0.112. The molecule has 0 aliphatic heterocycles. The summed E-state index contributed by atoms with van der Waals surface area (Å²) in [6.45, 7) is 1.58. The minimum Gasteiger partial charge on any atom is -0.455 e. The Labute approximate surface area is 148 Å². The summed E-state index contributed by atoms with van der Waals surface area (Å²) in [5.74, 6) is -0.908. The van der Waals surface area contributed by atoms with Crippen LogP contribution in [0, 0.1) is 12.7 Å². The minimum atomic E-state index is -0.550. The SMILES string of the molecule is Cc1c(C(=O)OCc2cc(=O)n3ccsc3n2)sc2cccc(F)c12. The van der Waals surface area contributed by atoms with E-state index in [0.29, 0.717) is 31.2 Å². The Morgan fingerprint density at radius 2 is 2.24 bits per heavy atom. The third-order valence-corrected chi connectivity index (χ3v) is 5.79. The van der Waals surface area contributed by atoms with Crippen LogP contribution in [0.4, 0.5) is 4.39 Å². The average molecular weight is 374 g/mol. The number of aryl methyl sites for hydroxylation is 1. The van der Waals surface area contributed by atoms with Crippen molar-refractivity contribution < 1.29 is 13.9 Å². The van der Waals surface area contributed by atoms with Crippen LogP contribution in [0.3, 0.4) is 0 Å². The number of fused-ring (bicyclic) bond motifs is 2. The smallest absolute Gasteiger partial charge is 0.349 e. The molecule has 0 fully saturated rings. The molecule has 0 saturated carbocycles. The number of benzene rings is 1. The topological polar surface area (TPSA) is 60.7 Å². The first-order chi connectivity index (χ1) is 12.0. The van der Waals surface area contributed by atoms with Gasteiger partial charge in [-0.25, -0.2) is 14.2 Å². The molecule has 0 aliphatic carbocycles. The molecule has 5 nitrogen and oxygen atoms in total. The maximum absolute atomic E-state index is 13.9. The van der Waals surface area contributed by atoms with E-state index in [1.165, 1.54) is 39.2 Å². The van der Waals surface area contributed by atoms with Gasteiger partial charge in [-0.1, -0.05) is 6.07 Å². The number of carbonyl (C=O) groups excluding carboxylic acids is 1. The van der Waals surface area contributed by atoms with Crippen molar-refractivity contribution in [1.29, 1.82) is 0 Å². The van der Waals surface area contributed by atoms with Crippen molar-refractivity contribution in [2.24, 2.45) is 0 Å². The molecule has 25 heavy (non-hydrogen) atoms. The molecule has 0 radical (unpaired) electrons. The van der Waals surface area contributed by atoms with E-state index in [9.17, 15) is 14.0 Å². The number of rotatable bonds is 3. The van der Waals surface area contributed by atoms with E-state index >= 15 is 0 Å². The molecule has 3 heterocycles. The number of ether oxygens (including phenoxy) is 1. The van der Waals surface area contributed by atoms with Gasteiger partial charge >= 0.3 is 5.97 Å². The second kappa shape index (κ2) is 6.05. The van der Waals surface area contributed by atoms with E-state index in [1.54, 1.807) is 30.6 Å². The number of carbonyl (C=O) groups is 1. The molecule has 3 aromatic heterocycles. The van der Waals surface area contributed by atoms with Crippen molar-refractivity contribution in [2.45, 2.75) is 13.5 Å². The second-order valence-electron chi connectivity index (χ2n) is 5.39. The quantitative estimate of drug-likeness (QED) is 0.512. The van der Waals surface area contributed by atoms with Crippen LogP contribution in [0.25, 0.3) is 15.0 Å². The number of nitrogens with zero attached hydrogens (tertiary/aromatic N) is 2. The number of esters is 1. The Morgan fingerprint density at radius 3 is 3.04 bits per heavy atom. The van der Waals surface area contributed by atoms with Crippen LogP contribution in [0.15, 0.2) is 40.6 Å². The Bertz CT molecular complexity index is 1180. The number of halogens is 1. The standard InChI is InChI=1S/C17H11FN2O3S2/c1-9-14-11(18)3-2-4-12(14)25-15(9)16(22)23-8-10-7-13(21)20-5-6-24-17(20)19-10/h2-7H,8H2,1H3. The number of hydrogen-bond acceptors (Lipinski definition) is 6. The van der Waals surface area contributed by atoms with Gasteiger partial charge in [-0.3, -0.25) is 9.20 Å². The fraction of sp³-hybridized carbons (Fsp3) is 0.118. The molecule has 0 unspecified atom stereocenters. The summed E-state index contributed by atoms with van der Waals surface area (Å²) in [4.78, 5) is 29.5. The Kier molecular flexibility index (Phi) is 3.85. The first kappa shape index (κ1) is 15.9. The number of thiazole rings is 1. The Morgan fingerprint density at radius 1 is 1.40 bits per heavy atom. The van der Waals surface area contributed by atoms with Gasteiger partial charge in [0.1, 0.15) is 17.3 Å². The summed E-state index contributed by atoms with van der Waals surface area (Å²) in [5.41, 5.74) is 0.716. The molecule has 0 bridgehead atoms. The van der Waals surface area contributed by atoms with Gasteiger partial charge in [0.25, 0.3) is 5.56 Å². The molecule has 8 heteroatoms. The van der Waals surface area contributed by atoms with Gasteiger partial charge in [0, 0.05) is 27.7 Å². The van der Waals surface area contributed by atoms with Crippen molar-refractivity contribution in [3.63, 3.8) is 0 Å². The zero-order valence-electron chi connectivity index (χ0n) is 13.0. The predicted molar refractivity (Wildman–Crippen MR) is 95.0 cm³/mol. The molecule has 1 aromatic carbocycles. The highest BCUT2D eigenvalue weighted by Crippen LogP contribution is 2.33. The number of thiophene rings is 1. The molecule has 0 N–H and O–H groups in total. The number of hydrogen-bond donors (Lipinski definition) is 0. The zero-order chi connectivity index (χ0) is 17.6. The third kappa shape index (κ3) is 2.73. The zero-order valence-corrected chi connectivity index (χ0v) is 14.6. The van der Waals surface area contributed by atoms with E-state index in [1.807, 2.05) is 0 Å². The average Bonchev–Trinajstić information content (AvgIpc) is 3.18. The molecule has 0 spiro atoms. The van der Waals surface area contributed by atoms with Gasteiger partial charge in [-0.15, -0.1) is 22.7 Å². The molecule has 126 valence electrons. The molecular weight excluding hydrogens is 363 g/mol. The van der Waals surface area contributed by atoms with E-state index in [4.69, 9.17) is 4.74 Å². The van der Waals surface area contributed by atoms with Gasteiger partial charge < -0.3 is 4.74 Å². The van der Waals surface area contributed by atoms with Crippen molar-refractivity contribution in [3.8, 4) is 0 Å².